The Balaban J connectivity index is 1.75. The number of guanidine groups is 1. The lowest BCUT2D eigenvalue weighted by atomic mass is 9.99. The molecule has 2 N–H and O–H groups in total. The van der Waals surface area contributed by atoms with Crippen molar-refractivity contribution in [1.82, 2.24) is 20.7 Å². The number of ether oxygens (including phenoxy) is 1. The highest BCUT2D eigenvalue weighted by Gasteiger charge is 2.13. The van der Waals surface area contributed by atoms with Crippen molar-refractivity contribution in [3.8, 4) is 5.75 Å². The van der Waals surface area contributed by atoms with Gasteiger partial charge in [-0.25, -0.2) is 0 Å². The van der Waals surface area contributed by atoms with Gasteiger partial charge >= 0.3 is 0 Å². The molecule has 0 fully saturated rings. The average molecular weight is 416 g/mol. The molecule has 2 aromatic rings. The summed E-state index contributed by atoms with van der Waals surface area (Å²) in [5.41, 5.74) is 2.19. The molecule has 30 heavy (non-hydrogen) atoms. The van der Waals surface area contributed by atoms with E-state index in [4.69, 9.17) is 9.26 Å². The highest BCUT2D eigenvalue weighted by Crippen LogP contribution is 2.22. The van der Waals surface area contributed by atoms with Gasteiger partial charge in [0.05, 0.1) is 18.8 Å². The number of hydrogen-bond acceptors (Lipinski definition) is 5. The normalized spacial score (nSPS) is 11.9. The van der Waals surface area contributed by atoms with Crippen molar-refractivity contribution in [3.63, 3.8) is 0 Å². The van der Waals surface area contributed by atoms with Crippen LogP contribution in [0.2, 0.25) is 0 Å². The number of nitrogens with zero attached hydrogens (tertiary/aromatic N) is 3. The quantitative estimate of drug-likeness (QED) is 0.312. The van der Waals surface area contributed by atoms with Crippen molar-refractivity contribution in [3.05, 3.63) is 47.3 Å². The van der Waals surface area contributed by atoms with E-state index in [1.165, 1.54) is 0 Å². The van der Waals surface area contributed by atoms with Gasteiger partial charge in [0.2, 0.25) is 0 Å². The summed E-state index contributed by atoms with van der Waals surface area (Å²) in [7, 11) is 5.90. The maximum Gasteiger partial charge on any atom is 0.191 e. The first-order valence-electron chi connectivity index (χ1n) is 10.8. The van der Waals surface area contributed by atoms with Gasteiger partial charge in [-0.2, -0.15) is 0 Å². The Morgan fingerprint density at radius 3 is 2.47 bits per heavy atom. The molecule has 0 radical (unpaired) electrons. The minimum Gasteiger partial charge on any atom is -0.494 e. The summed E-state index contributed by atoms with van der Waals surface area (Å²) in [6.45, 7) is 7.34. The van der Waals surface area contributed by atoms with E-state index in [1.807, 2.05) is 18.2 Å². The van der Waals surface area contributed by atoms with Crippen molar-refractivity contribution in [1.29, 1.82) is 0 Å². The highest BCUT2D eigenvalue weighted by molar-refractivity contribution is 5.79. The second-order valence-corrected chi connectivity index (χ2v) is 7.66. The van der Waals surface area contributed by atoms with Gasteiger partial charge in [0.15, 0.2) is 11.7 Å². The smallest absolute Gasteiger partial charge is 0.191 e. The SMILES string of the molecule is CCC(CC)c1cc(CNC(=NC)NCc2ccc(OCCCN(C)C)cc2)on1. The van der Waals surface area contributed by atoms with Gasteiger partial charge in [0, 0.05) is 32.1 Å². The maximum atomic E-state index is 5.78. The lowest BCUT2D eigenvalue weighted by Crippen LogP contribution is -2.36. The van der Waals surface area contributed by atoms with Gasteiger partial charge in [-0.3, -0.25) is 4.99 Å². The number of rotatable bonds is 12. The van der Waals surface area contributed by atoms with E-state index in [0.717, 1.165) is 61.1 Å². The van der Waals surface area contributed by atoms with Gasteiger partial charge in [0.25, 0.3) is 0 Å². The maximum absolute atomic E-state index is 5.78. The Morgan fingerprint density at radius 1 is 1.13 bits per heavy atom. The molecule has 0 aliphatic heterocycles. The Bertz CT molecular complexity index is 751. The van der Waals surface area contributed by atoms with Crippen LogP contribution in [0.3, 0.4) is 0 Å². The van der Waals surface area contributed by atoms with Gasteiger partial charge in [-0.05, 0) is 51.1 Å². The Hall–Kier alpha value is -2.54. The molecule has 0 amide bonds. The lowest BCUT2D eigenvalue weighted by molar-refractivity contribution is 0.281. The number of benzene rings is 1. The molecule has 0 spiro atoms. The van der Waals surface area contributed by atoms with Crippen LogP contribution >= 0.6 is 0 Å². The van der Waals surface area contributed by atoms with Gasteiger partial charge in [-0.1, -0.05) is 31.1 Å². The number of aliphatic imine (C=N–C) groups is 1. The zero-order chi connectivity index (χ0) is 21.8. The fourth-order valence-corrected chi connectivity index (χ4v) is 3.16. The monoisotopic (exact) mass is 415 g/mol. The number of hydrogen-bond donors (Lipinski definition) is 2. The molecule has 0 saturated carbocycles. The van der Waals surface area contributed by atoms with Crippen LogP contribution in [0.4, 0.5) is 0 Å². The molecule has 7 heteroatoms. The number of nitrogens with one attached hydrogen (secondary N) is 2. The Kier molecular flexibility index (Phi) is 10.2. The van der Waals surface area contributed by atoms with E-state index >= 15 is 0 Å². The lowest BCUT2D eigenvalue weighted by Gasteiger charge is -2.12. The molecule has 7 nitrogen and oxygen atoms in total. The second kappa shape index (κ2) is 12.9. The third-order valence-corrected chi connectivity index (χ3v) is 5.04. The molecule has 1 aromatic carbocycles. The van der Waals surface area contributed by atoms with Gasteiger partial charge in [0.1, 0.15) is 5.75 Å². The Labute approximate surface area is 180 Å². The van der Waals surface area contributed by atoms with Crippen LogP contribution in [0.15, 0.2) is 39.8 Å². The molecule has 166 valence electrons. The fraction of sp³-hybridized carbons (Fsp3) is 0.565. The summed E-state index contributed by atoms with van der Waals surface area (Å²) in [4.78, 5) is 6.44. The van der Waals surface area contributed by atoms with Gasteiger partial charge < -0.3 is 24.8 Å². The van der Waals surface area contributed by atoms with E-state index < -0.39 is 0 Å². The molecule has 1 heterocycles. The first-order valence-corrected chi connectivity index (χ1v) is 10.8. The molecular weight excluding hydrogens is 378 g/mol. The van der Waals surface area contributed by atoms with Gasteiger partial charge in [-0.15, -0.1) is 0 Å². The second-order valence-electron chi connectivity index (χ2n) is 7.66. The minimum absolute atomic E-state index is 0.458. The topological polar surface area (TPSA) is 74.9 Å². The van der Waals surface area contributed by atoms with Crippen LogP contribution in [-0.2, 0) is 13.1 Å². The van der Waals surface area contributed by atoms with Crippen molar-refractivity contribution in [2.75, 3.05) is 34.3 Å². The highest BCUT2D eigenvalue weighted by atomic mass is 16.5. The third kappa shape index (κ3) is 8.06. The molecule has 2 rings (SSSR count). The number of aromatic nitrogens is 1. The van der Waals surface area contributed by atoms with Crippen molar-refractivity contribution in [2.45, 2.75) is 52.1 Å². The zero-order valence-electron chi connectivity index (χ0n) is 19.1. The predicted molar refractivity (Wildman–Crippen MR) is 122 cm³/mol. The standard InChI is InChI=1S/C23H37N5O2/c1-6-19(7-2)22-15-21(30-27-22)17-26-23(24-3)25-16-18-9-11-20(12-10-18)29-14-8-13-28(4)5/h9-12,15,19H,6-8,13-14,16-17H2,1-5H3,(H2,24,25,26). The molecule has 0 atom stereocenters. The van der Waals surface area contributed by atoms with Crippen molar-refractivity contribution < 1.29 is 9.26 Å². The summed E-state index contributed by atoms with van der Waals surface area (Å²) in [6, 6.07) is 10.2. The molecule has 0 aliphatic carbocycles. The van der Waals surface area contributed by atoms with Crippen LogP contribution in [0.1, 0.15) is 56.0 Å². The molecule has 0 saturated heterocycles. The molecular formula is C23H37N5O2. The fourth-order valence-electron chi connectivity index (χ4n) is 3.16. The van der Waals surface area contributed by atoms with E-state index in [-0.39, 0.29) is 0 Å². The summed E-state index contributed by atoms with van der Waals surface area (Å²) in [6.07, 6.45) is 3.15. The summed E-state index contributed by atoms with van der Waals surface area (Å²) >= 11 is 0. The average Bonchev–Trinajstić information content (AvgIpc) is 3.22. The van der Waals surface area contributed by atoms with Crippen molar-refractivity contribution in [2.24, 2.45) is 4.99 Å². The predicted octanol–water partition coefficient (Wildman–Crippen LogP) is 3.77. The van der Waals surface area contributed by atoms with E-state index in [2.05, 4.69) is 65.8 Å². The van der Waals surface area contributed by atoms with Crippen LogP contribution in [0.25, 0.3) is 0 Å². The van der Waals surface area contributed by atoms with Crippen LogP contribution in [0.5, 0.6) is 5.75 Å². The van der Waals surface area contributed by atoms with E-state index in [9.17, 15) is 0 Å². The summed E-state index contributed by atoms with van der Waals surface area (Å²) in [5, 5.41) is 10.8. The summed E-state index contributed by atoms with van der Waals surface area (Å²) < 4.78 is 11.2. The molecule has 1 aromatic heterocycles. The van der Waals surface area contributed by atoms with Crippen molar-refractivity contribution >= 4 is 5.96 Å². The molecule has 0 aliphatic rings. The first-order chi connectivity index (χ1) is 14.5. The van der Waals surface area contributed by atoms with E-state index in [0.29, 0.717) is 19.0 Å². The van der Waals surface area contributed by atoms with Crippen LogP contribution in [0, 0.1) is 0 Å². The van der Waals surface area contributed by atoms with Crippen LogP contribution < -0.4 is 15.4 Å². The molecule has 0 bridgehead atoms. The largest absolute Gasteiger partial charge is 0.494 e. The first kappa shape index (κ1) is 23.7. The summed E-state index contributed by atoms with van der Waals surface area (Å²) in [5.74, 6) is 2.90. The minimum atomic E-state index is 0.458. The zero-order valence-corrected chi connectivity index (χ0v) is 19.1. The van der Waals surface area contributed by atoms with Crippen LogP contribution in [-0.4, -0.2) is 50.3 Å². The molecule has 0 unspecified atom stereocenters. The third-order valence-electron chi connectivity index (χ3n) is 5.04. The van der Waals surface area contributed by atoms with E-state index in [1.54, 1.807) is 7.05 Å². The Morgan fingerprint density at radius 2 is 1.83 bits per heavy atom.